The van der Waals surface area contributed by atoms with Crippen molar-refractivity contribution >= 4 is 15.9 Å². The molecule has 1 aromatic rings. The zero-order chi connectivity index (χ0) is 15.4. The molecule has 0 radical (unpaired) electrons. The third-order valence-electron chi connectivity index (χ3n) is 4.16. The quantitative estimate of drug-likeness (QED) is 0.827. The Labute approximate surface area is 136 Å². The van der Waals surface area contributed by atoms with Crippen LogP contribution >= 0.6 is 15.9 Å². The molecule has 2 rings (SSSR count). The smallest absolute Gasteiger partial charge is 0.123 e. The summed E-state index contributed by atoms with van der Waals surface area (Å²) in [6.45, 7) is 8.26. The van der Waals surface area contributed by atoms with E-state index in [1.807, 2.05) is 0 Å². The Morgan fingerprint density at radius 3 is 2.81 bits per heavy atom. The second kappa shape index (κ2) is 7.61. The van der Waals surface area contributed by atoms with Gasteiger partial charge in [0.25, 0.3) is 0 Å². The van der Waals surface area contributed by atoms with Crippen LogP contribution in [0, 0.1) is 12.8 Å². The van der Waals surface area contributed by atoms with E-state index in [1.54, 1.807) is 7.11 Å². The summed E-state index contributed by atoms with van der Waals surface area (Å²) in [6, 6.07) is 4.59. The summed E-state index contributed by atoms with van der Waals surface area (Å²) >= 11 is 3.65. The minimum atomic E-state index is 0.279. The minimum Gasteiger partial charge on any atom is -0.496 e. The fraction of sp³-hybridized carbons (Fsp3) is 0.647. The second-order valence-electron chi connectivity index (χ2n) is 5.91. The fourth-order valence-corrected chi connectivity index (χ4v) is 3.36. The molecular weight excluding hydrogens is 330 g/mol. The van der Waals surface area contributed by atoms with Gasteiger partial charge in [0.15, 0.2) is 0 Å². The number of rotatable bonds is 6. The number of hydrogen-bond acceptors (Lipinski definition) is 3. The van der Waals surface area contributed by atoms with Crippen LogP contribution < -0.4 is 10.1 Å². The summed E-state index contributed by atoms with van der Waals surface area (Å²) in [4.78, 5) is 0. The van der Waals surface area contributed by atoms with Crippen molar-refractivity contribution in [3.8, 4) is 5.75 Å². The predicted octanol–water partition coefficient (Wildman–Crippen LogP) is 4.23. The van der Waals surface area contributed by atoms with E-state index in [1.165, 1.54) is 11.1 Å². The number of halogens is 1. The number of methoxy groups -OCH3 is 1. The molecule has 21 heavy (non-hydrogen) atoms. The van der Waals surface area contributed by atoms with Crippen molar-refractivity contribution in [3.63, 3.8) is 0 Å². The van der Waals surface area contributed by atoms with Gasteiger partial charge in [-0.05, 0) is 50.9 Å². The SMILES string of the molecule is CCCNC(c1cc(Br)c(C)cc1OC)C1COC(C)C1. The van der Waals surface area contributed by atoms with Crippen LogP contribution in [0.5, 0.6) is 5.75 Å². The molecule has 1 N–H and O–H groups in total. The topological polar surface area (TPSA) is 30.5 Å². The summed E-state index contributed by atoms with van der Waals surface area (Å²) in [5, 5.41) is 3.69. The normalized spacial score (nSPS) is 23.3. The molecule has 0 bridgehead atoms. The number of aryl methyl sites for hydroxylation is 1. The zero-order valence-corrected chi connectivity index (χ0v) is 15.0. The summed E-state index contributed by atoms with van der Waals surface area (Å²) in [5.41, 5.74) is 2.42. The second-order valence-corrected chi connectivity index (χ2v) is 6.77. The van der Waals surface area contributed by atoms with Gasteiger partial charge in [0.2, 0.25) is 0 Å². The highest BCUT2D eigenvalue weighted by atomic mass is 79.9. The first-order chi connectivity index (χ1) is 10.1. The molecule has 0 spiro atoms. The Bertz CT molecular complexity index is 478. The van der Waals surface area contributed by atoms with Gasteiger partial charge in [0.1, 0.15) is 5.75 Å². The van der Waals surface area contributed by atoms with Crippen molar-refractivity contribution in [2.75, 3.05) is 20.3 Å². The number of hydrogen-bond donors (Lipinski definition) is 1. The molecule has 1 saturated heterocycles. The summed E-state index contributed by atoms with van der Waals surface area (Å²) in [6.07, 6.45) is 2.56. The van der Waals surface area contributed by atoms with Gasteiger partial charge in [-0.2, -0.15) is 0 Å². The molecule has 0 aliphatic carbocycles. The average molecular weight is 356 g/mol. The number of nitrogens with one attached hydrogen (secondary N) is 1. The van der Waals surface area contributed by atoms with E-state index < -0.39 is 0 Å². The maximum absolute atomic E-state index is 5.78. The van der Waals surface area contributed by atoms with Crippen LogP contribution in [0.1, 0.15) is 43.9 Å². The molecule has 1 heterocycles. The Kier molecular flexibility index (Phi) is 6.08. The van der Waals surface area contributed by atoms with Gasteiger partial charge < -0.3 is 14.8 Å². The molecule has 4 heteroatoms. The van der Waals surface area contributed by atoms with E-state index in [0.717, 1.165) is 36.2 Å². The van der Waals surface area contributed by atoms with E-state index in [4.69, 9.17) is 9.47 Å². The van der Waals surface area contributed by atoms with E-state index in [9.17, 15) is 0 Å². The number of benzene rings is 1. The predicted molar refractivity (Wildman–Crippen MR) is 90.0 cm³/mol. The molecule has 3 nitrogen and oxygen atoms in total. The summed E-state index contributed by atoms with van der Waals surface area (Å²) in [7, 11) is 1.75. The van der Waals surface area contributed by atoms with Crippen LogP contribution in [0.25, 0.3) is 0 Å². The standard InChI is InChI=1S/C17H26BrNO2/c1-5-6-19-17(13-8-12(3)21-10-13)14-9-15(18)11(2)7-16(14)20-4/h7,9,12-13,17,19H,5-6,8,10H2,1-4H3. The molecule has 0 saturated carbocycles. The first-order valence-corrected chi connectivity index (χ1v) is 8.55. The van der Waals surface area contributed by atoms with Crippen molar-refractivity contribution in [3.05, 3.63) is 27.7 Å². The van der Waals surface area contributed by atoms with Crippen molar-refractivity contribution in [1.82, 2.24) is 5.32 Å². The highest BCUT2D eigenvalue weighted by molar-refractivity contribution is 9.10. The minimum absolute atomic E-state index is 0.279. The molecule has 3 unspecified atom stereocenters. The first kappa shape index (κ1) is 16.8. The van der Waals surface area contributed by atoms with Crippen molar-refractivity contribution in [2.45, 2.75) is 45.8 Å². The fourth-order valence-electron chi connectivity index (χ4n) is 3.00. The van der Waals surface area contributed by atoms with Gasteiger partial charge in [0, 0.05) is 22.0 Å². The Balaban J connectivity index is 2.33. The highest BCUT2D eigenvalue weighted by Gasteiger charge is 2.32. The maximum Gasteiger partial charge on any atom is 0.123 e. The van der Waals surface area contributed by atoms with Gasteiger partial charge in [-0.25, -0.2) is 0 Å². The molecule has 0 aromatic heterocycles. The lowest BCUT2D eigenvalue weighted by molar-refractivity contribution is 0.116. The summed E-state index contributed by atoms with van der Waals surface area (Å²) in [5.74, 6) is 1.46. The van der Waals surface area contributed by atoms with Crippen LogP contribution in [0.15, 0.2) is 16.6 Å². The zero-order valence-electron chi connectivity index (χ0n) is 13.4. The van der Waals surface area contributed by atoms with Crippen LogP contribution in [-0.2, 0) is 4.74 Å². The Morgan fingerprint density at radius 1 is 1.48 bits per heavy atom. The van der Waals surface area contributed by atoms with E-state index in [0.29, 0.717) is 12.0 Å². The van der Waals surface area contributed by atoms with Gasteiger partial charge in [-0.3, -0.25) is 0 Å². The average Bonchev–Trinajstić information content (AvgIpc) is 2.89. The lowest BCUT2D eigenvalue weighted by atomic mass is 9.89. The van der Waals surface area contributed by atoms with Crippen LogP contribution in [0.2, 0.25) is 0 Å². The molecular formula is C17H26BrNO2. The van der Waals surface area contributed by atoms with E-state index >= 15 is 0 Å². The third-order valence-corrected chi connectivity index (χ3v) is 5.02. The molecule has 0 amide bonds. The lowest BCUT2D eigenvalue weighted by Gasteiger charge is -2.26. The largest absolute Gasteiger partial charge is 0.496 e. The third kappa shape index (κ3) is 3.99. The molecule has 1 aliphatic rings. The Hall–Kier alpha value is -0.580. The molecule has 1 aliphatic heterocycles. The molecule has 1 aromatic carbocycles. The molecule has 3 atom stereocenters. The van der Waals surface area contributed by atoms with Gasteiger partial charge in [0.05, 0.1) is 19.8 Å². The van der Waals surface area contributed by atoms with Crippen LogP contribution in [-0.4, -0.2) is 26.4 Å². The molecule has 1 fully saturated rings. The lowest BCUT2D eigenvalue weighted by Crippen LogP contribution is -2.30. The summed E-state index contributed by atoms with van der Waals surface area (Å²) < 4.78 is 12.5. The van der Waals surface area contributed by atoms with Crippen molar-refractivity contribution < 1.29 is 9.47 Å². The van der Waals surface area contributed by atoms with Crippen LogP contribution in [0.4, 0.5) is 0 Å². The van der Waals surface area contributed by atoms with Gasteiger partial charge in [-0.15, -0.1) is 0 Å². The Morgan fingerprint density at radius 2 is 2.24 bits per heavy atom. The van der Waals surface area contributed by atoms with Gasteiger partial charge in [-0.1, -0.05) is 22.9 Å². The monoisotopic (exact) mass is 355 g/mol. The van der Waals surface area contributed by atoms with Crippen molar-refractivity contribution in [2.24, 2.45) is 5.92 Å². The van der Waals surface area contributed by atoms with Crippen LogP contribution in [0.3, 0.4) is 0 Å². The highest BCUT2D eigenvalue weighted by Crippen LogP contribution is 2.38. The molecule has 118 valence electrons. The van der Waals surface area contributed by atoms with Gasteiger partial charge >= 0.3 is 0 Å². The van der Waals surface area contributed by atoms with Crippen molar-refractivity contribution in [1.29, 1.82) is 0 Å². The van der Waals surface area contributed by atoms with E-state index in [-0.39, 0.29) is 6.04 Å². The maximum atomic E-state index is 5.78. The number of ether oxygens (including phenoxy) is 2. The first-order valence-electron chi connectivity index (χ1n) is 7.75. The van der Waals surface area contributed by atoms with E-state index in [2.05, 4.69) is 54.2 Å².